The molecule has 0 bridgehead atoms. The number of carbonyl (C=O) groups is 1. The summed E-state index contributed by atoms with van der Waals surface area (Å²) in [6, 6.07) is 0. The van der Waals surface area contributed by atoms with E-state index < -0.39 is 0 Å². The van der Waals surface area contributed by atoms with Gasteiger partial charge in [0.25, 0.3) is 0 Å². The van der Waals surface area contributed by atoms with Crippen LogP contribution >= 0.6 is 0 Å². The zero-order valence-corrected chi connectivity index (χ0v) is 9.96. The minimum Gasteiger partial charge on any atom is -0.466 e. The maximum Gasteiger partial charge on any atom is 0.336 e. The van der Waals surface area contributed by atoms with Crippen molar-refractivity contribution in [1.82, 2.24) is 4.90 Å². The summed E-state index contributed by atoms with van der Waals surface area (Å²) in [7, 11) is 1.39. The number of rotatable bonds is 1. The van der Waals surface area contributed by atoms with Crippen molar-refractivity contribution in [3.63, 3.8) is 0 Å². The van der Waals surface area contributed by atoms with Crippen LogP contribution in [-0.4, -0.2) is 36.6 Å². The molecule has 0 unspecified atom stereocenters. The molecule has 0 aliphatic carbocycles. The molecule has 0 saturated carbocycles. The maximum absolute atomic E-state index is 11.5. The predicted molar refractivity (Wildman–Crippen MR) is 59.2 cm³/mol. The van der Waals surface area contributed by atoms with Crippen molar-refractivity contribution >= 4 is 5.97 Å². The molecule has 0 aromatic carbocycles. The van der Waals surface area contributed by atoms with Crippen LogP contribution in [0.1, 0.15) is 27.2 Å². The van der Waals surface area contributed by atoms with Crippen molar-refractivity contribution in [2.24, 2.45) is 5.73 Å². The molecule has 4 nitrogen and oxygen atoms in total. The van der Waals surface area contributed by atoms with Gasteiger partial charge in [0.2, 0.25) is 0 Å². The Kier molecular flexibility index (Phi) is 3.39. The Labute approximate surface area is 91.1 Å². The smallest absolute Gasteiger partial charge is 0.336 e. The molecule has 1 heterocycles. The Morgan fingerprint density at radius 2 is 2.07 bits per heavy atom. The van der Waals surface area contributed by atoms with Crippen LogP contribution in [0.2, 0.25) is 0 Å². The molecule has 0 radical (unpaired) electrons. The van der Waals surface area contributed by atoms with E-state index in [1.54, 1.807) is 0 Å². The Morgan fingerprint density at radius 3 is 2.53 bits per heavy atom. The fourth-order valence-corrected chi connectivity index (χ4v) is 1.67. The van der Waals surface area contributed by atoms with Gasteiger partial charge in [-0.05, 0) is 20.8 Å². The number of esters is 1. The van der Waals surface area contributed by atoms with E-state index >= 15 is 0 Å². The van der Waals surface area contributed by atoms with E-state index in [0.717, 1.165) is 13.0 Å². The summed E-state index contributed by atoms with van der Waals surface area (Å²) in [6.45, 7) is 7.87. The summed E-state index contributed by atoms with van der Waals surface area (Å²) in [5, 5.41) is 0. The lowest BCUT2D eigenvalue weighted by atomic mass is 9.99. The van der Waals surface area contributed by atoms with Gasteiger partial charge in [0.05, 0.1) is 12.7 Å². The first-order chi connectivity index (χ1) is 6.86. The molecular formula is C11H20N2O2. The van der Waals surface area contributed by atoms with Gasteiger partial charge in [-0.1, -0.05) is 0 Å². The Hall–Kier alpha value is -1.03. The molecule has 1 aliphatic heterocycles. The normalized spacial score (nSPS) is 19.2. The molecule has 0 fully saturated rings. The summed E-state index contributed by atoms with van der Waals surface area (Å²) in [5.74, 6) is -0.304. The highest BCUT2D eigenvalue weighted by Gasteiger charge is 2.29. The van der Waals surface area contributed by atoms with Crippen LogP contribution in [0.4, 0.5) is 0 Å². The standard InChI is InChI=1S/C11H20N2O2/c1-11(2,3)13-6-5-9(12)8(7-13)10(14)15-4/h5-7,12H2,1-4H3. The van der Waals surface area contributed by atoms with E-state index in [-0.39, 0.29) is 11.5 Å². The number of nitrogens with zero attached hydrogens (tertiary/aromatic N) is 1. The summed E-state index contributed by atoms with van der Waals surface area (Å²) in [4.78, 5) is 13.7. The van der Waals surface area contributed by atoms with E-state index in [1.165, 1.54) is 7.11 Å². The van der Waals surface area contributed by atoms with Crippen molar-refractivity contribution in [3.05, 3.63) is 11.3 Å². The first kappa shape index (κ1) is 12.0. The average molecular weight is 212 g/mol. The van der Waals surface area contributed by atoms with Crippen molar-refractivity contribution in [2.75, 3.05) is 20.2 Å². The van der Waals surface area contributed by atoms with Crippen molar-refractivity contribution in [3.8, 4) is 0 Å². The molecule has 0 aromatic rings. The molecule has 15 heavy (non-hydrogen) atoms. The van der Waals surface area contributed by atoms with E-state index in [2.05, 4.69) is 25.7 Å². The summed E-state index contributed by atoms with van der Waals surface area (Å²) in [6.07, 6.45) is 0.738. The molecule has 1 rings (SSSR count). The van der Waals surface area contributed by atoms with Crippen LogP contribution in [-0.2, 0) is 9.53 Å². The SMILES string of the molecule is COC(=O)C1=C(N)CCN(C(C)(C)C)C1. The number of methoxy groups -OCH3 is 1. The summed E-state index contributed by atoms with van der Waals surface area (Å²) < 4.78 is 4.72. The van der Waals surface area contributed by atoms with Crippen LogP contribution in [0.5, 0.6) is 0 Å². The van der Waals surface area contributed by atoms with Gasteiger partial charge >= 0.3 is 5.97 Å². The van der Waals surface area contributed by atoms with Gasteiger partial charge in [0.1, 0.15) is 0 Å². The van der Waals surface area contributed by atoms with Crippen molar-refractivity contribution in [2.45, 2.75) is 32.7 Å². The predicted octanol–water partition coefficient (Wildman–Crippen LogP) is 0.876. The number of carbonyl (C=O) groups excluding carboxylic acids is 1. The lowest BCUT2D eigenvalue weighted by Gasteiger charge is -2.38. The van der Waals surface area contributed by atoms with E-state index in [0.29, 0.717) is 17.8 Å². The molecule has 86 valence electrons. The molecule has 0 amide bonds. The van der Waals surface area contributed by atoms with Crippen LogP contribution < -0.4 is 5.73 Å². The molecule has 0 atom stereocenters. The number of hydrogen-bond donors (Lipinski definition) is 1. The number of nitrogens with two attached hydrogens (primary N) is 1. The summed E-state index contributed by atoms with van der Waals surface area (Å²) in [5.41, 5.74) is 7.15. The third-order valence-corrected chi connectivity index (χ3v) is 2.77. The quantitative estimate of drug-likeness (QED) is 0.655. The van der Waals surface area contributed by atoms with Gasteiger partial charge < -0.3 is 10.5 Å². The largest absolute Gasteiger partial charge is 0.466 e. The lowest BCUT2D eigenvalue weighted by molar-refractivity contribution is -0.136. The molecule has 1 aliphatic rings. The number of hydrogen-bond acceptors (Lipinski definition) is 4. The first-order valence-electron chi connectivity index (χ1n) is 5.17. The van der Waals surface area contributed by atoms with Crippen LogP contribution in [0.25, 0.3) is 0 Å². The highest BCUT2D eigenvalue weighted by molar-refractivity contribution is 5.89. The zero-order valence-electron chi connectivity index (χ0n) is 9.96. The molecule has 4 heteroatoms. The first-order valence-corrected chi connectivity index (χ1v) is 5.17. The third-order valence-electron chi connectivity index (χ3n) is 2.77. The molecule has 2 N–H and O–H groups in total. The minimum absolute atomic E-state index is 0.0555. The van der Waals surface area contributed by atoms with E-state index in [9.17, 15) is 4.79 Å². The molecule has 0 spiro atoms. The van der Waals surface area contributed by atoms with Crippen LogP contribution in [0.15, 0.2) is 11.3 Å². The molecule has 0 aromatic heterocycles. The Bertz CT molecular complexity index is 289. The fourth-order valence-electron chi connectivity index (χ4n) is 1.67. The topological polar surface area (TPSA) is 55.6 Å². The zero-order chi connectivity index (χ0) is 11.6. The fraction of sp³-hybridized carbons (Fsp3) is 0.727. The molecule has 0 saturated heterocycles. The Balaban J connectivity index is 2.83. The van der Waals surface area contributed by atoms with E-state index in [1.807, 2.05) is 0 Å². The summed E-state index contributed by atoms with van der Waals surface area (Å²) >= 11 is 0. The second-order valence-electron chi connectivity index (χ2n) is 4.84. The van der Waals surface area contributed by atoms with Gasteiger partial charge in [-0.2, -0.15) is 0 Å². The lowest BCUT2D eigenvalue weighted by Crippen LogP contribution is -2.47. The number of ether oxygens (including phenoxy) is 1. The minimum atomic E-state index is -0.304. The highest BCUT2D eigenvalue weighted by atomic mass is 16.5. The third kappa shape index (κ3) is 2.72. The van der Waals surface area contributed by atoms with Gasteiger partial charge in [0, 0.05) is 30.7 Å². The average Bonchev–Trinajstić information content (AvgIpc) is 2.15. The second-order valence-corrected chi connectivity index (χ2v) is 4.84. The van der Waals surface area contributed by atoms with Gasteiger partial charge in [0.15, 0.2) is 0 Å². The van der Waals surface area contributed by atoms with Gasteiger partial charge in [-0.15, -0.1) is 0 Å². The van der Waals surface area contributed by atoms with Gasteiger partial charge in [-0.3, -0.25) is 4.90 Å². The second kappa shape index (κ2) is 4.23. The van der Waals surface area contributed by atoms with E-state index in [4.69, 9.17) is 10.5 Å². The monoisotopic (exact) mass is 212 g/mol. The van der Waals surface area contributed by atoms with Crippen LogP contribution in [0.3, 0.4) is 0 Å². The Morgan fingerprint density at radius 1 is 1.47 bits per heavy atom. The highest BCUT2D eigenvalue weighted by Crippen LogP contribution is 2.22. The van der Waals surface area contributed by atoms with Gasteiger partial charge in [-0.25, -0.2) is 4.79 Å². The maximum atomic E-state index is 11.5. The van der Waals surface area contributed by atoms with Crippen molar-refractivity contribution < 1.29 is 9.53 Å². The molecular weight excluding hydrogens is 192 g/mol. The van der Waals surface area contributed by atoms with Crippen LogP contribution in [0, 0.1) is 0 Å². The van der Waals surface area contributed by atoms with Crippen molar-refractivity contribution in [1.29, 1.82) is 0 Å².